The SMILES string of the molecule is C[C@H](CCc1ccc(O)cc1)OC(=O)C=Cc1ccc(O)c(O)c1. The van der Waals surface area contributed by atoms with Gasteiger partial charge in [0.2, 0.25) is 0 Å². The second-order valence-electron chi connectivity index (χ2n) is 5.53. The van der Waals surface area contributed by atoms with Crippen molar-refractivity contribution in [3.05, 3.63) is 59.7 Å². The lowest BCUT2D eigenvalue weighted by Crippen LogP contribution is -2.13. The Labute approximate surface area is 140 Å². The van der Waals surface area contributed by atoms with Crippen LogP contribution in [0, 0.1) is 0 Å². The molecule has 3 N–H and O–H groups in total. The van der Waals surface area contributed by atoms with Gasteiger partial charge in [-0.3, -0.25) is 0 Å². The lowest BCUT2D eigenvalue weighted by atomic mass is 10.1. The minimum Gasteiger partial charge on any atom is -0.508 e. The van der Waals surface area contributed by atoms with Crippen LogP contribution < -0.4 is 0 Å². The van der Waals surface area contributed by atoms with E-state index in [-0.39, 0.29) is 23.4 Å². The van der Waals surface area contributed by atoms with E-state index in [1.807, 2.05) is 19.1 Å². The molecule has 0 saturated carbocycles. The molecule has 2 aromatic carbocycles. The third-order valence-electron chi connectivity index (χ3n) is 3.50. The maximum atomic E-state index is 11.8. The molecule has 0 aliphatic rings. The highest BCUT2D eigenvalue weighted by Crippen LogP contribution is 2.25. The van der Waals surface area contributed by atoms with E-state index in [1.54, 1.807) is 18.2 Å². The van der Waals surface area contributed by atoms with Crippen molar-refractivity contribution in [2.75, 3.05) is 0 Å². The molecule has 5 nitrogen and oxygen atoms in total. The molecule has 126 valence electrons. The maximum Gasteiger partial charge on any atom is 0.331 e. The lowest BCUT2D eigenvalue weighted by molar-refractivity contribution is -0.142. The van der Waals surface area contributed by atoms with Crippen molar-refractivity contribution in [2.24, 2.45) is 0 Å². The van der Waals surface area contributed by atoms with Crippen molar-refractivity contribution in [2.45, 2.75) is 25.9 Å². The van der Waals surface area contributed by atoms with Crippen molar-refractivity contribution in [3.8, 4) is 17.2 Å². The third kappa shape index (κ3) is 5.35. The molecule has 0 fully saturated rings. The van der Waals surface area contributed by atoms with Gasteiger partial charge in [-0.15, -0.1) is 0 Å². The molecular weight excluding hydrogens is 308 g/mol. The van der Waals surface area contributed by atoms with Crippen molar-refractivity contribution < 1.29 is 24.9 Å². The minimum absolute atomic E-state index is 0.211. The summed E-state index contributed by atoms with van der Waals surface area (Å²) < 4.78 is 5.28. The molecule has 0 aromatic heterocycles. The number of hydrogen-bond donors (Lipinski definition) is 3. The van der Waals surface area contributed by atoms with Crippen LogP contribution in [0.4, 0.5) is 0 Å². The van der Waals surface area contributed by atoms with Crippen molar-refractivity contribution in [1.82, 2.24) is 0 Å². The maximum absolute atomic E-state index is 11.8. The van der Waals surface area contributed by atoms with Crippen LogP contribution in [0.3, 0.4) is 0 Å². The fourth-order valence-corrected chi connectivity index (χ4v) is 2.14. The summed E-state index contributed by atoms with van der Waals surface area (Å²) in [6.45, 7) is 1.82. The van der Waals surface area contributed by atoms with Crippen LogP contribution in [-0.4, -0.2) is 27.4 Å². The van der Waals surface area contributed by atoms with Gasteiger partial charge in [0.1, 0.15) is 5.75 Å². The van der Waals surface area contributed by atoms with Crippen LogP contribution in [0.5, 0.6) is 17.2 Å². The Kier molecular flexibility index (Phi) is 5.84. The predicted molar refractivity (Wildman–Crippen MR) is 90.8 cm³/mol. The topological polar surface area (TPSA) is 87.0 Å². The van der Waals surface area contributed by atoms with E-state index in [1.165, 1.54) is 24.3 Å². The van der Waals surface area contributed by atoms with E-state index in [2.05, 4.69) is 0 Å². The number of benzene rings is 2. The second-order valence-corrected chi connectivity index (χ2v) is 5.53. The number of carbonyl (C=O) groups is 1. The number of carbonyl (C=O) groups excluding carboxylic acids is 1. The summed E-state index contributed by atoms with van der Waals surface area (Å²) in [5.41, 5.74) is 1.64. The zero-order valence-corrected chi connectivity index (χ0v) is 13.3. The number of rotatable bonds is 6. The smallest absolute Gasteiger partial charge is 0.331 e. The minimum atomic E-state index is -0.472. The Morgan fingerprint density at radius 3 is 2.46 bits per heavy atom. The molecule has 0 unspecified atom stereocenters. The number of esters is 1. The van der Waals surface area contributed by atoms with Gasteiger partial charge in [0.25, 0.3) is 0 Å². The van der Waals surface area contributed by atoms with Gasteiger partial charge in [-0.1, -0.05) is 18.2 Å². The van der Waals surface area contributed by atoms with Crippen molar-refractivity contribution in [3.63, 3.8) is 0 Å². The molecule has 24 heavy (non-hydrogen) atoms. The molecule has 0 heterocycles. The average Bonchev–Trinajstić information content (AvgIpc) is 2.55. The van der Waals surface area contributed by atoms with Gasteiger partial charge >= 0.3 is 5.97 Å². The van der Waals surface area contributed by atoms with E-state index < -0.39 is 5.97 Å². The molecule has 0 aliphatic heterocycles. The normalized spacial score (nSPS) is 12.2. The number of aromatic hydroxyl groups is 3. The molecule has 0 saturated heterocycles. The summed E-state index contributed by atoms with van der Waals surface area (Å²) in [7, 11) is 0. The number of phenolic OH excluding ortho intramolecular Hbond substituents is 3. The zero-order valence-electron chi connectivity index (χ0n) is 13.3. The fourth-order valence-electron chi connectivity index (χ4n) is 2.14. The second kappa shape index (κ2) is 8.06. The van der Waals surface area contributed by atoms with Gasteiger partial charge < -0.3 is 20.1 Å². The predicted octanol–water partition coefficient (Wildman–Crippen LogP) is 3.38. The highest BCUT2D eigenvalue weighted by molar-refractivity contribution is 5.87. The summed E-state index contributed by atoms with van der Waals surface area (Å²) in [5, 5.41) is 27.9. The third-order valence-corrected chi connectivity index (χ3v) is 3.50. The number of hydrogen-bond acceptors (Lipinski definition) is 5. The largest absolute Gasteiger partial charge is 0.508 e. The summed E-state index contributed by atoms with van der Waals surface area (Å²) in [6, 6.07) is 11.2. The van der Waals surface area contributed by atoms with E-state index >= 15 is 0 Å². The Morgan fingerprint density at radius 1 is 1.08 bits per heavy atom. The number of phenols is 3. The molecule has 0 amide bonds. The van der Waals surface area contributed by atoms with Crippen LogP contribution in [0.15, 0.2) is 48.5 Å². The van der Waals surface area contributed by atoms with Gasteiger partial charge in [-0.25, -0.2) is 4.79 Å². The highest BCUT2D eigenvalue weighted by atomic mass is 16.5. The van der Waals surface area contributed by atoms with Crippen LogP contribution in [0.2, 0.25) is 0 Å². The lowest BCUT2D eigenvalue weighted by Gasteiger charge is -2.11. The molecule has 1 atom stereocenters. The van der Waals surface area contributed by atoms with Gasteiger partial charge in [-0.05, 0) is 61.2 Å². The number of aryl methyl sites for hydroxylation is 1. The first kappa shape index (κ1) is 17.4. The highest BCUT2D eigenvalue weighted by Gasteiger charge is 2.07. The van der Waals surface area contributed by atoms with Gasteiger partial charge in [0, 0.05) is 6.08 Å². The van der Waals surface area contributed by atoms with Gasteiger partial charge in [-0.2, -0.15) is 0 Å². The Bertz CT molecular complexity index is 719. The molecule has 0 bridgehead atoms. The Balaban J connectivity index is 1.81. The van der Waals surface area contributed by atoms with Crippen molar-refractivity contribution >= 4 is 12.0 Å². The van der Waals surface area contributed by atoms with Gasteiger partial charge in [0.15, 0.2) is 11.5 Å². The molecular formula is C19H20O5. The Morgan fingerprint density at radius 2 is 1.79 bits per heavy atom. The van der Waals surface area contributed by atoms with E-state index in [4.69, 9.17) is 4.74 Å². The first-order chi connectivity index (χ1) is 11.4. The van der Waals surface area contributed by atoms with Crippen LogP contribution >= 0.6 is 0 Å². The van der Waals surface area contributed by atoms with E-state index in [9.17, 15) is 20.1 Å². The fraction of sp³-hybridized carbons (Fsp3) is 0.211. The summed E-state index contributed by atoms with van der Waals surface area (Å²) >= 11 is 0. The van der Waals surface area contributed by atoms with E-state index in [0.29, 0.717) is 12.0 Å². The molecule has 2 aromatic rings. The number of ether oxygens (including phenoxy) is 1. The molecule has 2 rings (SSSR count). The quantitative estimate of drug-likeness (QED) is 0.430. The van der Waals surface area contributed by atoms with Crippen LogP contribution in [0.1, 0.15) is 24.5 Å². The van der Waals surface area contributed by atoms with Crippen molar-refractivity contribution in [1.29, 1.82) is 0 Å². The zero-order chi connectivity index (χ0) is 17.5. The Hall–Kier alpha value is -2.95. The summed E-state index contributed by atoms with van der Waals surface area (Å²) in [4.78, 5) is 11.8. The van der Waals surface area contributed by atoms with Crippen LogP contribution in [0.25, 0.3) is 6.08 Å². The molecule has 0 spiro atoms. The van der Waals surface area contributed by atoms with E-state index in [0.717, 1.165) is 12.0 Å². The molecule has 5 heteroatoms. The summed E-state index contributed by atoms with van der Waals surface area (Å²) in [6.07, 6.45) is 3.95. The monoisotopic (exact) mass is 328 g/mol. The molecule has 0 radical (unpaired) electrons. The summed E-state index contributed by atoms with van der Waals surface area (Å²) in [5.74, 6) is -0.699. The van der Waals surface area contributed by atoms with Crippen LogP contribution in [-0.2, 0) is 16.0 Å². The average molecular weight is 328 g/mol. The standard InChI is InChI=1S/C19H20O5/c1-13(2-3-14-4-8-16(20)9-5-14)24-19(23)11-7-15-6-10-17(21)18(22)12-15/h4-13,20-22H,2-3H2,1H3/t13-/m1/s1. The first-order valence-electron chi connectivity index (χ1n) is 7.62. The molecule has 0 aliphatic carbocycles. The first-order valence-corrected chi connectivity index (χ1v) is 7.62. The van der Waals surface area contributed by atoms with Gasteiger partial charge in [0.05, 0.1) is 6.10 Å².